The normalized spacial score (nSPS) is 12.6. The molecule has 90 valence electrons. The summed E-state index contributed by atoms with van der Waals surface area (Å²) >= 11 is 5.99. The van der Waals surface area contributed by atoms with Crippen LogP contribution in [0.2, 0.25) is 5.02 Å². The molecule has 16 heavy (non-hydrogen) atoms. The number of aliphatic hydroxyl groups is 1. The SMILES string of the molecule is CNCC(O)c1c(C)c(Cl)cc(OC)c1O. The first-order chi connectivity index (χ1) is 7.52. The molecule has 1 aromatic rings. The Bertz CT molecular complexity index is 382. The van der Waals surface area contributed by atoms with Crippen LogP contribution in [0.15, 0.2) is 6.07 Å². The van der Waals surface area contributed by atoms with Gasteiger partial charge in [0.25, 0.3) is 0 Å². The fourth-order valence-corrected chi connectivity index (χ4v) is 1.79. The number of halogens is 1. The topological polar surface area (TPSA) is 61.7 Å². The van der Waals surface area contributed by atoms with Crippen molar-refractivity contribution in [2.24, 2.45) is 0 Å². The molecule has 0 saturated carbocycles. The van der Waals surface area contributed by atoms with Crippen molar-refractivity contribution in [1.82, 2.24) is 5.32 Å². The molecule has 0 bridgehead atoms. The van der Waals surface area contributed by atoms with E-state index < -0.39 is 6.10 Å². The van der Waals surface area contributed by atoms with Crippen molar-refractivity contribution in [3.63, 3.8) is 0 Å². The Kier molecular flexibility index (Phi) is 4.41. The van der Waals surface area contributed by atoms with Crippen molar-refractivity contribution < 1.29 is 14.9 Å². The Morgan fingerprint density at radius 3 is 2.69 bits per heavy atom. The quantitative estimate of drug-likeness (QED) is 0.754. The van der Waals surface area contributed by atoms with E-state index in [1.54, 1.807) is 14.0 Å². The molecule has 3 N–H and O–H groups in total. The fraction of sp³-hybridized carbons (Fsp3) is 0.455. The number of benzene rings is 1. The lowest BCUT2D eigenvalue weighted by atomic mass is 10.0. The van der Waals surface area contributed by atoms with E-state index in [2.05, 4.69) is 5.32 Å². The predicted octanol–water partition coefficient (Wildman–Crippen LogP) is 1.62. The van der Waals surface area contributed by atoms with E-state index in [9.17, 15) is 10.2 Å². The Morgan fingerprint density at radius 1 is 1.56 bits per heavy atom. The van der Waals surface area contributed by atoms with Crippen molar-refractivity contribution in [3.05, 3.63) is 22.2 Å². The van der Waals surface area contributed by atoms with Gasteiger partial charge in [0, 0.05) is 23.2 Å². The number of ether oxygens (including phenoxy) is 1. The van der Waals surface area contributed by atoms with Gasteiger partial charge in [-0.1, -0.05) is 11.6 Å². The second kappa shape index (κ2) is 5.39. The first kappa shape index (κ1) is 13.1. The van der Waals surface area contributed by atoms with Crippen molar-refractivity contribution in [1.29, 1.82) is 0 Å². The average Bonchev–Trinajstić information content (AvgIpc) is 2.24. The van der Waals surface area contributed by atoms with Crippen LogP contribution in [-0.4, -0.2) is 30.9 Å². The number of nitrogens with one attached hydrogen (secondary N) is 1. The Balaban J connectivity index is 3.29. The molecular formula is C11H16ClNO3. The molecule has 4 nitrogen and oxygen atoms in total. The van der Waals surface area contributed by atoms with Gasteiger partial charge in [0.05, 0.1) is 13.2 Å². The van der Waals surface area contributed by atoms with Crippen molar-refractivity contribution >= 4 is 11.6 Å². The molecule has 0 fully saturated rings. The van der Waals surface area contributed by atoms with Gasteiger partial charge >= 0.3 is 0 Å². The third-order valence-electron chi connectivity index (χ3n) is 2.46. The molecule has 0 aromatic heterocycles. The van der Waals surface area contributed by atoms with Gasteiger partial charge in [-0.2, -0.15) is 0 Å². The summed E-state index contributed by atoms with van der Waals surface area (Å²) in [6, 6.07) is 1.53. The number of aromatic hydroxyl groups is 1. The van der Waals surface area contributed by atoms with Gasteiger partial charge in [0.2, 0.25) is 0 Å². The molecule has 5 heteroatoms. The Labute approximate surface area is 99.8 Å². The van der Waals surface area contributed by atoms with E-state index in [1.165, 1.54) is 13.2 Å². The minimum absolute atomic E-state index is 0.0628. The van der Waals surface area contributed by atoms with Crippen LogP contribution in [0.25, 0.3) is 0 Å². The van der Waals surface area contributed by atoms with Crippen LogP contribution >= 0.6 is 11.6 Å². The minimum Gasteiger partial charge on any atom is -0.504 e. The van der Waals surface area contributed by atoms with Gasteiger partial charge in [-0.15, -0.1) is 0 Å². The lowest BCUT2D eigenvalue weighted by Crippen LogP contribution is -2.17. The van der Waals surface area contributed by atoms with E-state index >= 15 is 0 Å². The summed E-state index contributed by atoms with van der Waals surface area (Å²) in [4.78, 5) is 0. The summed E-state index contributed by atoms with van der Waals surface area (Å²) in [5.41, 5.74) is 1.06. The molecule has 1 atom stereocenters. The lowest BCUT2D eigenvalue weighted by molar-refractivity contribution is 0.172. The van der Waals surface area contributed by atoms with Gasteiger partial charge in [0.15, 0.2) is 11.5 Å². The monoisotopic (exact) mass is 245 g/mol. The third-order valence-corrected chi connectivity index (χ3v) is 2.85. The largest absolute Gasteiger partial charge is 0.504 e. The maximum atomic E-state index is 9.92. The maximum absolute atomic E-state index is 9.92. The number of likely N-dealkylation sites (N-methyl/N-ethyl adjacent to an activating group) is 1. The first-order valence-electron chi connectivity index (χ1n) is 4.91. The van der Waals surface area contributed by atoms with Crippen LogP contribution in [0.5, 0.6) is 11.5 Å². The number of aliphatic hydroxyl groups excluding tert-OH is 1. The minimum atomic E-state index is -0.822. The number of phenolic OH excluding ortho intramolecular Hbond substituents is 1. The lowest BCUT2D eigenvalue weighted by Gasteiger charge is -2.18. The summed E-state index contributed by atoms with van der Waals surface area (Å²) in [5, 5.41) is 23.1. The second-order valence-corrected chi connectivity index (χ2v) is 3.93. The second-order valence-electron chi connectivity index (χ2n) is 3.52. The van der Waals surface area contributed by atoms with Gasteiger partial charge in [-0.05, 0) is 19.5 Å². The molecule has 1 unspecified atom stereocenters. The zero-order valence-corrected chi connectivity index (χ0v) is 10.3. The predicted molar refractivity (Wildman–Crippen MR) is 63.3 cm³/mol. The van der Waals surface area contributed by atoms with Gasteiger partial charge in [0.1, 0.15) is 0 Å². The summed E-state index contributed by atoms with van der Waals surface area (Å²) < 4.78 is 4.98. The average molecular weight is 246 g/mol. The van der Waals surface area contributed by atoms with Crippen molar-refractivity contribution in [3.8, 4) is 11.5 Å². The third kappa shape index (κ3) is 2.40. The first-order valence-corrected chi connectivity index (χ1v) is 5.29. The molecule has 0 aliphatic rings. The molecular weight excluding hydrogens is 230 g/mol. The molecule has 0 aliphatic heterocycles. The van der Waals surface area contributed by atoms with Crippen LogP contribution in [-0.2, 0) is 0 Å². The zero-order chi connectivity index (χ0) is 12.3. The molecule has 0 heterocycles. The highest BCUT2D eigenvalue weighted by atomic mass is 35.5. The number of rotatable bonds is 4. The zero-order valence-electron chi connectivity index (χ0n) is 9.54. The number of hydrogen-bond acceptors (Lipinski definition) is 4. The van der Waals surface area contributed by atoms with E-state index in [0.29, 0.717) is 22.7 Å². The summed E-state index contributed by atoms with van der Waals surface area (Å²) in [5.74, 6) is 0.202. The maximum Gasteiger partial charge on any atom is 0.163 e. The highest BCUT2D eigenvalue weighted by Crippen LogP contribution is 2.39. The number of hydrogen-bond donors (Lipinski definition) is 3. The fourth-order valence-electron chi connectivity index (χ4n) is 1.59. The van der Waals surface area contributed by atoms with Gasteiger partial charge < -0.3 is 20.3 Å². The Morgan fingerprint density at radius 2 is 2.19 bits per heavy atom. The standard InChI is InChI=1S/C11H16ClNO3/c1-6-7(12)4-9(16-3)11(15)10(6)8(14)5-13-2/h4,8,13-15H,5H2,1-3H3. The van der Waals surface area contributed by atoms with Crippen LogP contribution in [0.3, 0.4) is 0 Å². The number of phenols is 1. The van der Waals surface area contributed by atoms with Gasteiger partial charge in [-0.25, -0.2) is 0 Å². The van der Waals surface area contributed by atoms with E-state index in [-0.39, 0.29) is 11.5 Å². The van der Waals surface area contributed by atoms with Crippen LogP contribution in [0, 0.1) is 6.92 Å². The summed E-state index contributed by atoms with van der Waals surface area (Å²) in [6.07, 6.45) is -0.822. The molecule has 0 amide bonds. The van der Waals surface area contributed by atoms with E-state index in [1.807, 2.05) is 0 Å². The number of methoxy groups -OCH3 is 1. The van der Waals surface area contributed by atoms with Crippen LogP contribution < -0.4 is 10.1 Å². The molecule has 0 radical (unpaired) electrons. The van der Waals surface area contributed by atoms with E-state index in [4.69, 9.17) is 16.3 Å². The summed E-state index contributed by atoms with van der Waals surface area (Å²) in [7, 11) is 3.16. The smallest absolute Gasteiger partial charge is 0.163 e. The van der Waals surface area contributed by atoms with Crippen molar-refractivity contribution in [2.45, 2.75) is 13.0 Å². The molecule has 0 spiro atoms. The highest BCUT2D eigenvalue weighted by Gasteiger charge is 2.20. The van der Waals surface area contributed by atoms with Gasteiger partial charge in [-0.3, -0.25) is 0 Å². The molecule has 1 aromatic carbocycles. The van der Waals surface area contributed by atoms with Crippen molar-refractivity contribution in [2.75, 3.05) is 20.7 Å². The highest BCUT2D eigenvalue weighted by molar-refractivity contribution is 6.31. The molecule has 0 saturated heterocycles. The molecule has 0 aliphatic carbocycles. The summed E-state index contributed by atoms with van der Waals surface area (Å²) in [6.45, 7) is 2.08. The molecule has 1 rings (SSSR count). The van der Waals surface area contributed by atoms with E-state index in [0.717, 1.165) is 0 Å². The Hall–Kier alpha value is -0.970. The van der Waals surface area contributed by atoms with Crippen LogP contribution in [0.1, 0.15) is 17.2 Å². The van der Waals surface area contributed by atoms with Crippen LogP contribution in [0.4, 0.5) is 0 Å².